The molecular weight excluding hydrogens is 388 g/mol. The highest BCUT2D eigenvalue weighted by atomic mass is 16.2. The fraction of sp³-hybridized carbons (Fsp3) is 0.440. The van der Waals surface area contributed by atoms with Gasteiger partial charge in [-0.1, -0.05) is 60.7 Å². The van der Waals surface area contributed by atoms with Crippen LogP contribution in [0.5, 0.6) is 0 Å². The Labute approximate surface area is 184 Å². The number of nitrogens with two attached hydrogens (primary N) is 1. The van der Waals surface area contributed by atoms with Crippen LogP contribution in [0.1, 0.15) is 49.8 Å². The monoisotopic (exact) mass is 420 g/mol. The summed E-state index contributed by atoms with van der Waals surface area (Å²) >= 11 is 0. The molecule has 6 nitrogen and oxygen atoms in total. The number of piperidine rings is 1. The van der Waals surface area contributed by atoms with Gasteiger partial charge in [-0.05, 0) is 43.7 Å². The van der Waals surface area contributed by atoms with Crippen molar-refractivity contribution in [3.05, 3.63) is 71.8 Å². The fourth-order valence-corrected chi connectivity index (χ4v) is 4.88. The zero-order chi connectivity index (χ0) is 21.8. The van der Waals surface area contributed by atoms with E-state index in [-0.39, 0.29) is 29.9 Å². The van der Waals surface area contributed by atoms with Crippen LogP contribution >= 0.6 is 0 Å². The second kappa shape index (κ2) is 9.62. The number of nitrogens with one attached hydrogen (secondary N) is 2. The van der Waals surface area contributed by atoms with Crippen molar-refractivity contribution in [1.82, 2.24) is 15.5 Å². The molecule has 6 heteroatoms. The van der Waals surface area contributed by atoms with Crippen molar-refractivity contribution in [3.63, 3.8) is 0 Å². The van der Waals surface area contributed by atoms with Crippen molar-refractivity contribution in [2.45, 2.75) is 62.8 Å². The number of nitrogens with zero attached hydrogens (tertiary/aromatic N) is 1. The van der Waals surface area contributed by atoms with Crippen molar-refractivity contribution in [2.75, 3.05) is 6.54 Å². The third-order valence-electron chi connectivity index (χ3n) is 6.54. The second-order valence-electron chi connectivity index (χ2n) is 8.78. The molecule has 2 fully saturated rings. The molecule has 2 saturated heterocycles. The molecule has 0 saturated carbocycles. The van der Waals surface area contributed by atoms with E-state index in [1.165, 1.54) is 0 Å². The topological polar surface area (TPSA) is 87.5 Å². The van der Waals surface area contributed by atoms with Crippen LogP contribution in [0.4, 0.5) is 0 Å². The maximum absolute atomic E-state index is 13.4. The molecule has 0 aromatic heterocycles. The standard InChI is InChI=1S/C25H32N4O2/c1-17(26)24(30)27-20-12-13-21-14-15-22(29(21)16-20)25(31)28-23(18-8-4-2-5-9-18)19-10-6-3-7-11-19/h2-11,17,20-23H,12-16,26H2,1H3,(H,27,30)(H,28,31)/t17-,20-,21-,22-/m0/s1. The molecule has 0 radical (unpaired) electrons. The minimum Gasteiger partial charge on any atom is -0.351 e. The number of hydrogen-bond acceptors (Lipinski definition) is 4. The quantitative estimate of drug-likeness (QED) is 0.670. The van der Waals surface area contributed by atoms with Crippen LogP contribution in [0, 0.1) is 0 Å². The molecule has 2 aromatic rings. The van der Waals surface area contributed by atoms with Crippen LogP contribution < -0.4 is 16.4 Å². The molecule has 4 rings (SSSR count). The third kappa shape index (κ3) is 4.97. The van der Waals surface area contributed by atoms with Gasteiger partial charge < -0.3 is 16.4 Å². The lowest BCUT2D eigenvalue weighted by atomic mass is 9.97. The van der Waals surface area contributed by atoms with Crippen molar-refractivity contribution >= 4 is 11.8 Å². The van der Waals surface area contributed by atoms with Crippen molar-refractivity contribution in [1.29, 1.82) is 0 Å². The number of hydrogen-bond donors (Lipinski definition) is 3. The average molecular weight is 421 g/mol. The van der Waals surface area contributed by atoms with Gasteiger partial charge in [-0.3, -0.25) is 14.5 Å². The molecule has 0 bridgehead atoms. The highest BCUT2D eigenvalue weighted by molar-refractivity contribution is 5.83. The van der Waals surface area contributed by atoms with Crippen LogP contribution in [0.25, 0.3) is 0 Å². The molecule has 4 N–H and O–H groups in total. The zero-order valence-electron chi connectivity index (χ0n) is 18.0. The lowest BCUT2D eigenvalue weighted by Gasteiger charge is -2.38. The molecule has 2 amide bonds. The number of benzene rings is 2. The Morgan fingerprint density at radius 1 is 0.935 bits per heavy atom. The van der Waals surface area contributed by atoms with Gasteiger partial charge in [-0.15, -0.1) is 0 Å². The summed E-state index contributed by atoms with van der Waals surface area (Å²) in [6.45, 7) is 2.39. The molecule has 2 aromatic carbocycles. The normalized spacial score (nSPS) is 24.4. The second-order valence-corrected chi connectivity index (χ2v) is 8.78. The van der Waals surface area contributed by atoms with E-state index in [1.807, 2.05) is 36.4 Å². The van der Waals surface area contributed by atoms with Crippen LogP contribution in [0.2, 0.25) is 0 Å². The van der Waals surface area contributed by atoms with Gasteiger partial charge in [-0.2, -0.15) is 0 Å². The first-order chi connectivity index (χ1) is 15.0. The van der Waals surface area contributed by atoms with Crippen LogP contribution in [0.15, 0.2) is 60.7 Å². The summed E-state index contributed by atoms with van der Waals surface area (Å²) in [6.07, 6.45) is 3.80. The largest absolute Gasteiger partial charge is 0.351 e. The molecule has 2 heterocycles. The van der Waals surface area contributed by atoms with Gasteiger partial charge in [0.25, 0.3) is 0 Å². The Balaban J connectivity index is 1.48. The Bertz CT molecular complexity index is 847. The van der Waals surface area contributed by atoms with E-state index in [0.29, 0.717) is 12.6 Å². The molecule has 4 atom stereocenters. The lowest BCUT2D eigenvalue weighted by Crippen LogP contribution is -2.56. The zero-order valence-corrected chi connectivity index (χ0v) is 18.0. The molecule has 2 aliphatic heterocycles. The Morgan fingerprint density at radius 2 is 1.52 bits per heavy atom. The van der Waals surface area contributed by atoms with Gasteiger partial charge in [0.15, 0.2) is 0 Å². The molecule has 0 spiro atoms. The Morgan fingerprint density at radius 3 is 2.10 bits per heavy atom. The van der Waals surface area contributed by atoms with Gasteiger partial charge in [0.05, 0.1) is 18.1 Å². The minimum atomic E-state index is -0.520. The van der Waals surface area contributed by atoms with Crippen molar-refractivity contribution < 1.29 is 9.59 Å². The van der Waals surface area contributed by atoms with Gasteiger partial charge in [0, 0.05) is 18.6 Å². The fourth-order valence-electron chi connectivity index (χ4n) is 4.88. The highest BCUT2D eigenvalue weighted by Gasteiger charge is 2.42. The molecular formula is C25H32N4O2. The van der Waals surface area contributed by atoms with E-state index in [2.05, 4.69) is 39.8 Å². The van der Waals surface area contributed by atoms with E-state index >= 15 is 0 Å². The van der Waals surface area contributed by atoms with E-state index in [4.69, 9.17) is 5.73 Å². The van der Waals surface area contributed by atoms with Crippen molar-refractivity contribution in [3.8, 4) is 0 Å². The van der Waals surface area contributed by atoms with E-state index in [9.17, 15) is 9.59 Å². The summed E-state index contributed by atoms with van der Waals surface area (Å²) in [6, 6.07) is 19.7. The number of fused-ring (bicyclic) bond motifs is 1. The van der Waals surface area contributed by atoms with E-state index in [1.54, 1.807) is 6.92 Å². The molecule has 0 unspecified atom stereocenters. The number of rotatable bonds is 6. The van der Waals surface area contributed by atoms with E-state index in [0.717, 1.165) is 36.8 Å². The predicted molar refractivity (Wildman–Crippen MR) is 121 cm³/mol. The summed E-state index contributed by atoms with van der Waals surface area (Å²) in [5.41, 5.74) is 7.84. The molecule has 31 heavy (non-hydrogen) atoms. The first-order valence-electron chi connectivity index (χ1n) is 11.2. The SMILES string of the molecule is C[C@H](N)C(=O)N[C@H]1CC[C@H]2CC[C@@H](C(=O)NC(c3ccccc3)c3ccccc3)N2C1. The smallest absolute Gasteiger partial charge is 0.238 e. The molecule has 0 aliphatic carbocycles. The van der Waals surface area contributed by atoms with Crippen LogP contribution in [0.3, 0.4) is 0 Å². The summed E-state index contributed by atoms with van der Waals surface area (Å²) < 4.78 is 0. The third-order valence-corrected chi connectivity index (χ3v) is 6.54. The van der Waals surface area contributed by atoms with Crippen LogP contribution in [-0.4, -0.2) is 47.4 Å². The lowest BCUT2D eigenvalue weighted by molar-refractivity contribution is -0.127. The highest BCUT2D eigenvalue weighted by Crippen LogP contribution is 2.32. The van der Waals surface area contributed by atoms with Gasteiger partial charge in [0.2, 0.25) is 11.8 Å². The summed E-state index contributed by atoms with van der Waals surface area (Å²) in [5, 5.41) is 6.36. The number of carbonyl (C=O) groups excluding carboxylic acids is 2. The van der Waals surface area contributed by atoms with E-state index < -0.39 is 6.04 Å². The Hall–Kier alpha value is -2.70. The predicted octanol–water partition coefficient (Wildman–Crippen LogP) is 2.35. The maximum atomic E-state index is 13.4. The molecule has 164 valence electrons. The summed E-state index contributed by atoms with van der Waals surface area (Å²) in [5.74, 6) is -0.0729. The molecule has 2 aliphatic rings. The van der Waals surface area contributed by atoms with Gasteiger partial charge in [0.1, 0.15) is 0 Å². The first kappa shape index (κ1) is 21.5. The average Bonchev–Trinajstić information content (AvgIpc) is 3.22. The number of amides is 2. The van der Waals surface area contributed by atoms with Gasteiger partial charge in [-0.25, -0.2) is 0 Å². The number of carbonyl (C=O) groups is 2. The minimum absolute atomic E-state index is 0.0437. The van der Waals surface area contributed by atoms with Crippen molar-refractivity contribution in [2.24, 2.45) is 5.73 Å². The first-order valence-corrected chi connectivity index (χ1v) is 11.2. The van der Waals surface area contributed by atoms with Gasteiger partial charge >= 0.3 is 0 Å². The maximum Gasteiger partial charge on any atom is 0.238 e. The summed E-state index contributed by atoms with van der Waals surface area (Å²) in [4.78, 5) is 27.8. The Kier molecular flexibility index (Phi) is 6.68. The van der Waals surface area contributed by atoms with Crippen LogP contribution in [-0.2, 0) is 9.59 Å². The summed E-state index contributed by atoms with van der Waals surface area (Å²) in [7, 11) is 0.